The smallest absolute Gasteiger partial charge is 0.223 e. The maximum Gasteiger partial charge on any atom is 0.223 e. The molecule has 3 fully saturated rings. The summed E-state index contributed by atoms with van der Waals surface area (Å²) in [6.07, 6.45) is 7.31. The Hall–Kier alpha value is -0.620. The van der Waals surface area contributed by atoms with Gasteiger partial charge in [-0.2, -0.15) is 0 Å². The first-order chi connectivity index (χ1) is 10.5. The summed E-state index contributed by atoms with van der Waals surface area (Å²) in [5.41, 5.74) is 0. The van der Waals surface area contributed by atoms with Crippen molar-refractivity contribution < 1.29 is 13.2 Å². The molecule has 1 saturated carbocycles. The SMILES string of the molecule is CCCCCS(=O)(=O)N1CC[C@H]2[C@H](CCC(=O)N2C2CC2)C1. The quantitative estimate of drug-likeness (QED) is 0.701. The molecule has 0 bridgehead atoms. The van der Waals surface area contributed by atoms with Crippen molar-refractivity contribution in [1.82, 2.24) is 9.21 Å². The van der Waals surface area contributed by atoms with Gasteiger partial charge in [0.15, 0.2) is 0 Å². The third kappa shape index (κ3) is 3.32. The van der Waals surface area contributed by atoms with Gasteiger partial charge in [0.05, 0.1) is 5.75 Å². The molecule has 0 aromatic heterocycles. The molecule has 1 aliphatic carbocycles. The molecule has 0 aromatic carbocycles. The molecule has 0 spiro atoms. The van der Waals surface area contributed by atoms with Crippen molar-refractivity contribution in [1.29, 1.82) is 0 Å². The van der Waals surface area contributed by atoms with Crippen molar-refractivity contribution in [3.8, 4) is 0 Å². The van der Waals surface area contributed by atoms with Crippen LogP contribution in [0.4, 0.5) is 0 Å². The molecule has 2 heterocycles. The van der Waals surface area contributed by atoms with Crippen LogP contribution in [0.1, 0.15) is 58.3 Å². The summed E-state index contributed by atoms with van der Waals surface area (Å²) in [4.78, 5) is 14.3. The number of unbranched alkanes of at least 4 members (excludes halogenated alkanes) is 2. The first-order valence-electron chi connectivity index (χ1n) is 8.82. The average molecular weight is 328 g/mol. The van der Waals surface area contributed by atoms with Gasteiger partial charge in [0.1, 0.15) is 0 Å². The molecule has 2 atom stereocenters. The summed E-state index contributed by atoms with van der Waals surface area (Å²) in [5.74, 6) is 0.916. The predicted octanol–water partition coefficient (Wildman–Crippen LogP) is 1.98. The maximum atomic E-state index is 12.5. The summed E-state index contributed by atoms with van der Waals surface area (Å²) in [6, 6.07) is 0.740. The summed E-state index contributed by atoms with van der Waals surface area (Å²) >= 11 is 0. The molecule has 2 aliphatic heterocycles. The number of carbonyl (C=O) groups excluding carboxylic acids is 1. The van der Waals surface area contributed by atoms with Gasteiger partial charge >= 0.3 is 0 Å². The van der Waals surface area contributed by atoms with Gasteiger partial charge in [-0.25, -0.2) is 12.7 Å². The van der Waals surface area contributed by atoms with E-state index in [0.29, 0.717) is 37.4 Å². The number of rotatable bonds is 6. The predicted molar refractivity (Wildman–Crippen MR) is 85.9 cm³/mol. The summed E-state index contributed by atoms with van der Waals surface area (Å²) in [6.45, 7) is 3.30. The Morgan fingerprint density at radius 1 is 1.14 bits per heavy atom. The van der Waals surface area contributed by atoms with Gasteiger partial charge in [0.2, 0.25) is 15.9 Å². The zero-order valence-electron chi connectivity index (χ0n) is 13.5. The molecule has 3 rings (SSSR count). The number of piperidine rings is 2. The van der Waals surface area contributed by atoms with Gasteiger partial charge < -0.3 is 4.90 Å². The molecular formula is C16H28N2O3S. The second-order valence-corrected chi connectivity index (χ2v) is 9.16. The molecule has 3 aliphatic rings. The first kappa shape index (κ1) is 16.2. The van der Waals surface area contributed by atoms with Gasteiger partial charge in [-0.05, 0) is 38.0 Å². The highest BCUT2D eigenvalue weighted by Crippen LogP contribution is 2.39. The third-order valence-corrected chi connectivity index (χ3v) is 7.29. The van der Waals surface area contributed by atoms with Crippen LogP contribution in [0.25, 0.3) is 0 Å². The lowest BCUT2D eigenvalue weighted by Gasteiger charge is -2.46. The van der Waals surface area contributed by atoms with E-state index < -0.39 is 10.0 Å². The van der Waals surface area contributed by atoms with Crippen LogP contribution in [-0.4, -0.2) is 54.5 Å². The van der Waals surface area contributed by atoms with Crippen molar-refractivity contribution >= 4 is 15.9 Å². The minimum atomic E-state index is -3.11. The molecule has 6 heteroatoms. The van der Waals surface area contributed by atoms with Crippen LogP contribution in [0.3, 0.4) is 0 Å². The summed E-state index contributed by atoms with van der Waals surface area (Å²) in [5, 5.41) is 0. The summed E-state index contributed by atoms with van der Waals surface area (Å²) < 4.78 is 26.6. The maximum absolute atomic E-state index is 12.5. The normalized spacial score (nSPS) is 30.4. The minimum absolute atomic E-state index is 0.281. The van der Waals surface area contributed by atoms with E-state index in [1.54, 1.807) is 4.31 Å². The van der Waals surface area contributed by atoms with Crippen molar-refractivity contribution in [2.24, 2.45) is 5.92 Å². The van der Waals surface area contributed by atoms with Gasteiger partial charge in [-0.3, -0.25) is 4.79 Å². The number of fused-ring (bicyclic) bond motifs is 1. The van der Waals surface area contributed by atoms with Crippen LogP contribution in [0.5, 0.6) is 0 Å². The highest BCUT2D eigenvalue weighted by atomic mass is 32.2. The summed E-state index contributed by atoms with van der Waals surface area (Å²) in [7, 11) is -3.11. The van der Waals surface area contributed by atoms with Gasteiger partial charge in [0, 0.05) is 31.6 Å². The second kappa shape index (κ2) is 6.48. The standard InChI is InChI=1S/C16H28N2O3S/c1-2-3-4-11-22(20,21)17-10-9-15-13(12-17)5-8-16(19)18(15)14-6-7-14/h13-15H,2-12H2,1H3/t13-,15+/m1/s1. The Labute approximate surface area is 134 Å². The van der Waals surface area contributed by atoms with E-state index in [4.69, 9.17) is 0 Å². The fraction of sp³-hybridized carbons (Fsp3) is 0.938. The fourth-order valence-electron chi connectivity index (χ4n) is 4.00. The molecule has 0 aromatic rings. The number of sulfonamides is 1. The molecule has 1 amide bonds. The Balaban J connectivity index is 1.63. The van der Waals surface area contributed by atoms with E-state index in [9.17, 15) is 13.2 Å². The fourth-order valence-corrected chi connectivity index (χ4v) is 5.63. The van der Waals surface area contributed by atoms with Crippen molar-refractivity contribution in [2.75, 3.05) is 18.8 Å². The zero-order chi connectivity index (χ0) is 15.7. The molecule has 2 saturated heterocycles. The molecule has 22 heavy (non-hydrogen) atoms. The molecule has 0 unspecified atom stereocenters. The monoisotopic (exact) mass is 328 g/mol. The number of carbonyl (C=O) groups is 1. The topological polar surface area (TPSA) is 57.7 Å². The van der Waals surface area contributed by atoms with Crippen LogP contribution in [0.15, 0.2) is 0 Å². The van der Waals surface area contributed by atoms with Crippen LogP contribution in [0, 0.1) is 5.92 Å². The highest BCUT2D eigenvalue weighted by Gasteiger charge is 2.46. The third-order valence-electron chi connectivity index (χ3n) is 5.37. The van der Waals surface area contributed by atoms with E-state index in [-0.39, 0.29) is 11.8 Å². The largest absolute Gasteiger partial charge is 0.336 e. The average Bonchev–Trinajstić information content (AvgIpc) is 3.31. The Bertz CT molecular complexity index is 515. The lowest BCUT2D eigenvalue weighted by atomic mass is 9.84. The van der Waals surface area contributed by atoms with Crippen LogP contribution in [0.2, 0.25) is 0 Å². The molecule has 5 nitrogen and oxygen atoms in total. The molecule has 0 radical (unpaired) electrons. The van der Waals surface area contributed by atoms with E-state index in [1.165, 1.54) is 0 Å². The minimum Gasteiger partial charge on any atom is -0.336 e. The van der Waals surface area contributed by atoms with Gasteiger partial charge in [-0.1, -0.05) is 19.8 Å². The number of likely N-dealkylation sites (tertiary alicyclic amines) is 1. The van der Waals surface area contributed by atoms with Crippen molar-refractivity contribution in [2.45, 2.75) is 70.4 Å². The van der Waals surface area contributed by atoms with E-state index >= 15 is 0 Å². The van der Waals surface area contributed by atoms with Gasteiger partial charge in [0.25, 0.3) is 0 Å². The number of hydrogen-bond donors (Lipinski definition) is 0. The van der Waals surface area contributed by atoms with Crippen LogP contribution < -0.4 is 0 Å². The molecular weight excluding hydrogens is 300 g/mol. The first-order valence-corrected chi connectivity index (χ1v) is 10.4. The van der Waals surface area contributed by atoms with Crippen LogP contribution in [-0.2, 0) is 14.8 Å². The van der Waals surface area contributed by atoms with E-state index in [0.717, 1.165) is 44.9 Å². The molecule has 126 valence electrons. The van der Waals surface area contributed by atoms with Crippen molar-refractivity contribution in [3.05, 3.63) is 0 Å². The van der Waals surface area contributed by atoms with Crippen LogP contribution >= 0.6 is 0 Å². The van der Waals surface area contributed by atoms with Gasteiger partial charge in [-0.15, -0.1) is 0 Å². The number of amides is 1. The number of hydrogen-bond acceptors (Lipinski definition) is 3. The molecule has 0 N–H and O–H groups in total. The van der Waals surface area contributed by atoms with E-state index in [2.05, 4.69) is 11.8 Å². The Kier molecular flexibility index (Phi) is 4.78. The lowest BCUT2D eigenvalue weighted by Crippen LogP contribution is -2.57. The zero-order valence-corrected chi connectivity index (χ0v) is 14.4. The van der Waals surface area contributed by atoms with Crippen molar-refractivity contribution in [3.63, 3.8) is 0 Å². The Morgan fingerprint density at radius 3 is 2.59 bits per heavy atom. The Morgan fingerprint density at radius 2 is 1.91 bits per heavy atom. The lowest BCUT2D eigenvalue weighted by molar-refractivity contribution is -0.141. The second-order valence-electron chi connectivity index (χ2n) is 7.07. The van der Waals surface area contributed by atoms with E-state index in [1.807, 2.05) is 0 Å². The highest BCUT2D eigenvalue weighted by molar-refractivity contribution is 7.89. The number of nitrogens with zero attached hydrogens (tertiary/aromatic N) is 2.